The van der Waals surface area contributed by atoms with Gasteiger partial charge in [0.05, 0.1) is 5.88 Å². The van der Waals surface area contributed by atoms with Crippen LogP contribution in [0.5, 0.6) is 5.75 Å². The van der Waals surface area contributed by atoms with E-state index in [9.17, 15) is 5.11 Å². The van der Waals surface area contributed by atoms with Gasteiger partial charge in [-0.15, -0.1) is 11.8 Å². The molecule has 0 radical (unpaired) electrons. The lowest BCUT2D eigenvalue weighted by atomic mass is 9.79. The zero-order valence-corrected chi connectivity index (χ0v) is 20.8. The molecule has 168 valence electrons. The van der Waals surface area contributed by atoms with Crippen molar-refractivity contribution in [1.29, 1.82) is 0 Å². The Morgan fingerprint density at radius 3 is 2.12 bits per heavy atom. The molecule has 3 N–H and O–H groups in total. The Bertz CT molecular complexity index is 1100. The summed E-state index contributed by atoms with van der Waals surface area (Å²) in [6.45, 7) is 12.9. The van der Waals surface area contributed by atoms with Crippen LogP contribution in [0.3, 0.4) is 0 Å². The maximum absolute atomic E-state index is 10.9. The van der Waals surface area contributed by atoms with Crippen LogP contribution in [0.1, 0.15) is 63.8 Å². The summed E-state index contributed by atoms with van der Waals surface area (Å²) in [6, 6.07) is 19.3. The van der Waals surface area contributed by atoms with Crippen molar-refractivity contribution in [2.24, 2.45) is 0 Å². The Balaban J connectivity index is 1.49. The Kier molecular flexibility index (Phi) is 5.93. The van der Waals surface area contributed by atoms with Gasteiger partial charge in [-0.3, -0.25) is 0 Å². The third-order valence-corrected chi connectivity index (χ3v) is 6.85. The van der Waals surface area contributed by atoms with Crippen LogP contribution >= 0.6 is 11.8 Å². The van der Waals surface area contributed by atoms with Crippen molar-refractivity contribution >= 4 is 28.8 Å². The Morgan fingerprint density at radius 1 is 0.844 bits per heavy atom. The van der Waals surface area contributed by atoms with Crippen LogP contribution in [-0.4, -0.2) is 11.0 Å². The summed E-state index contributed by atoms with van der Waals surface area (Å²) in [6.07, 6.45) is 0.947. The monoisotopic (exact) mass is 446 g/mol. The maximum Gasteiger partial charge on any atom is 0.123 e. The number of fused-ring (bicyclic) bond motifs is 2. The minimum absolute atomic E-state index is 0.115. The van der Waals surface area contributed by atoms with E-state index in [2.05, 4.69) is 107 Å². The van der Waals surface area contributed by atoms with Gasteiger partial charge in [0, 0.05) is 39.5 Å². The van der Waals surface area contributed by atoms with E-state index in [4.69, 9.17) is 0 Å². The highest BCUT2D eigenvalue weighted by molar-refractivity contribution is 7.99. The summed E-state index contributed by atoms with van der Waals surface area (Å²) >= 11 is 1.77. The summed E-state index contributed by atoms with van der Waals surface area (Å²) in [5.74, 6) is 1.20. The van der Waals surface area contributed by atoms with Gasteiger partial charge in [-0.05, 0) is 58.4 Å². The first-order valence-electron chi connectivity index (χ1n) is 11.2. The summed E-state index contributed by atoms with van der Waals surface area (Å²) in [4.78, 5) is 1.18. The lowest BCUT2D eigenvalue weighted by Crippen LogP contribution is -2.17. The van der Waals surface area contributed by atoms with Gasteiger partial charge in [0.1, 0.15) is 5.75 Å². The number of benzene rings is 3. The van der Waals surface area contributed by atoms with E-state index in [1.54, 1.807) is 11.8 Å². The molecule has 3 nitrogen and oxygen atoms in total. The largest absolute Gasteiger partial charge is 0.507 e. The second-order valence-corrected chi connectivity index (χ2v) is 11.7. The molecule has 0 saturated heterocycles. The minimum atomic E-state index is -0.115. The van der Waals surface area contributed by atoms with Crippen LogP contribution in [0, 0.1) is 0 Å². The molecule has 32 heavy (non-hydrogen) atoms. The van der Waals surface area contributed by atoms with Crippen LogP contribution in [0.25, 0.3) is 0 Å². The normalized spacial score (nSPS) is 13.2. The average Bonchev–Trinajstić information content (AvgIpc) is 2.71. The quantitative estimate of drug-likeness (QED) is 0.221. The average molecular weight is 447 g/mol. The summed E-state index contributed by atoms with van der Waals surface area (Å²) in [5, 5.41) is 18.0. The standard InChI is InChI=1S/C28H34N2OS/c1-27(2,3)22-15-21(16-23(26(22)31)28(4,5)6)32-17-29-20-11-12-25-19(14-20)13-18-9-7-8-10-24(18)30-25/h7-12,14-16,29-31H,13,17H2,1-6H3. The van der Waals surface area contributed by atoms with Crippen LogP contribution < -0.4 is 10.6 Å². The van der Waals surface area contributed by atoms with Gasteiger partial charge < -0.3 is 15.7 Å². The highest BCUT2D eigenvalue weighted by atomic mass is 32.2. The third kappa shape index (κ3) is 4.75. The Morgan fingerprint density at radius 2 is 1.47 bits per heavy atom. The number of anilines is 3. The topological polar surface area (TPSA) is 44.3 Å². The van der Waals surface area contributed by atoms with Gasteiger partial charge in [-0.2, -0.15) is 0 Å². The van der Waals surface area contributed by atoms with Crippen molar-refractivity contribution < 1.29 is 5.11 Å². The number of nitrogens with one attached hydrogen (secondary N) is 2. The van der Waals surface area contributed by atoms with Gasteiger partial charge in [0.25, 0.3) is 0 Å². The lowest BCUT2D eigenvalue weighted by molar-refractivity contribution is 0.422. The van der Waals surface area contributed by atoms with E-state index in [0.29, 0.717) is 5.75 Å². The second-order valence-electron chi connectivity index (χ2n) is 10.7. The van der Waals surface area contributed by atoms with Gasteiger partial charge in [0.15, 0.2) is 0 Å². The zero-order chi connectivity index (χ0) is 23.1. The molecule has 0 atom stereocenters. The molecule has 1 aliphatic heterocycles. The number of rotatable bonds is 4. The van der Waals surface area contributed by atoms with Crippen molar-refractivity contribution in [3.05, 3.63) is 76.9 Å². The van der Waals surface area contributed by atoms with E-state index in [0.717, 1.165) is 29.1 Å². The molecule has 0 saturated carbocycles. The summed E-state index contributed by atoms with van der Waals surface area (Å²) in [7, 11) is 0. The van der Waals surface area contributed by atoms with E-state index < -0.39 is 0 Å². The number of thioether (sulfide) groups is 1. The minimum Gasteiger partial charge on any atom is -0.507 e. The number of hydrogen-bond acceptors (Lipinski definition) is 4. The van der Waals surface area contributed by atoms with E-state index in [1.807, 2.05) is 0 Å². The van der Waals surface area contributed by atoms with Gasteiger partial charge in [-0.1, -0.05) is 59.7 Å². The molecule has 1 heterocycles. The highest BCUT2D eigenvalue weighted by Gasteiger charge is 2.26. The predicted octanol–water partition coefficient (Wildman–Crippen LogP) is 7.80. The number of aromatic hydroxyl groups is 1. The van der Waals surface area contributed by atoms with E-state index in [-0.39, 0.29) is 10.8 Å². The molecule has 0 amide bonds. The molecular weight excluding hydrogens is 412 g/mol. The summed E-state index contributed by atoms with van der Waals surface area (Å²) < 4.78 is 0. The molecule has 3 aromatic rings. The zero-order valence-electron chi connectivity index (χ0n) is 20.0. The van der Waals surface area contributed by atoms with Crippen LogP contribution in [0.2, 0.25) is 0 Å². The lowest BCUT2D eigenvalue weighted by Gasteiger charge is -2.28. The van der Waals surface area contributed by atoms with Crippen molar-refractivity contribution in [2.45, 2.75) is 63.7 Å². The number of phenolic OH excluding ortho intramolecular Hbond substituents is 1. The maximum atomic E-state index is 10.9. The van der Waals surface area contributed by atoms with E-state index in [1.165, 1.54) is 27.4 Å². The van der Waals surface area contributed by atoms with Gasteiger partial charge in [0.2, 0.25) is 0 Å². The van der Waals surface area contributed by atoms with Crippen molar-refractivity contribution in [2.75, 3.05) is 16.5 Å². The summed E-state index contributed by atoms with van der Waals surface area (Å²) in [5.41, 5.74) is 7.94. The molecular formula is C28H34N2OS. The van der Waals surface area contributed by atoms with Crippen molar-refractivity contribution in [3.8, 4) is 5.75 Å². The number of hydrogen-bond donors (Lipinski definition) is 3. The van der Waals surface area contributed by atoms with Crippen molar-refractivity contribution in [1.82, 2.24) is 0 Å². The smallest absolute Gasteiger partial charge is 0.123 e. The first-order chi connectivity index (χ1) is 15.0. The number of para-hydroxylation sites is 1. The fourth-order valence-corrected chi connectivity index (χ4v) is 4.96. The third-order valence-electron chi connectivity index (χ3n) is 5.99. The molecule has 0 aliphatic carbocycles. The molecule has 0 fully saturated rings. The fraction of sp³-hybridized carbons (Fsp3) is 0.357. The van der Waals surface area contributed by atoms with E-state index >= 15 is 0 Å². The Labute approximate surface area is 196 Å². The molecule has 0 spiro atoms. The fourth-order valence-electron chi connectivity index (χ4n) is 4.16. The first-order valence-corrected chi connectivity index (χ1v) is 12.2. The molecule has 4 heteroatoms. The molecule has 3 aromatic carbocycles. The van der Waals surface area contributed by atoms with Crippen LogP contribution in [0.15, 0.2) is 59.5 Å². The van der Waals surface area contributed by atoms with Gasteiger partial charge in [-0.25, -0.2) is 0 Å². The highest BCUT2D eigenvalue weighted by Crippen LogP contribution is 2.42. The number of phenols is 1. The molecule has 4 rings (SSSR count). The first kappa shape index (κ1) is 22.6. The second kappa shape index (κ2) is 8.40. The SMILES string of the molecule is CC(C)(C)c1cc(SCNc2ccc3c(c2)Cc2ccccc2N3)cc(C(C)(C)C)c1O. The van der Waals surface area contributed by atoms with Crippen LogP contribution in [0.4, 0.5) is 17.1 Å². The molecule has 1 aliphatic rings. The molecule has 0 bridgehead atoms. The Hall–Kier alpha value is -2.59. The van der Waals surface area contributed by atoms with Crippen molar-refractivity contribution in [3.63, 3.8) is 0 Å². The molecule has 0 aromatic heterocycles. The molecule has 0 unspecified atom stereocenters. The van der Waals surface area contributed by atoms with Gasteiger partial charge >= 0.3 is 0 Å². The van der Waals surface area contributed by atoms with Crippen LogP contribution in [-0.2, 0) is 17.3 Å². The predicted molar refractivity (Wildman–Crippen MR) is 139 cm³/mol.